The first kappa shape index (κ1) is 24.9. The second kappa shape index (κ2) is 11.1. The van der Waals surface area contributed by atoms with E-state index in [1.807, 2.05) is 36.1 Å². The molecule has 13 heteroatoms. The van der Waals surface area contributed by atoms with E-state index in [-0.39, 0.29) is 23.7 Å². The molecule has 3 aromatic rings. The second-order valence-electron chi connectivity index (χ2n) is 7.63. The largest absolute Gasteiger partial charge is 0.573 e. The Hall–Kier alpha value is -3.16. The topological polar surface area (TPSA) is 96.5 Å². The number of anilines is 4. The normalized spacial score (nSPS) is 14.9. The molecule has 0 radical (unpaired) electrons. The Morgan fingerprint density at radius 3 is 2.43 bits per heavy atom. The third-order valence-electron chi connectivity index (χ3n) is 5.01. The van der Waals surface area contributed by atoms with Crippen LogP contribution in [-0.2, 0) is 4.74 Å². The third-order valence-corrected chi connectivity index (χ3v) is 5.50. The van der Waals surface area contributed by atoms with Gasteiger partial charge in [-0.3, -0.25) is 5.43 Å². The highest BCUT2D eigenvalue weighted by molar-refractivity contribution is 9.10. The first-order valence-corrected chi connectivity index (χ1v) is 11.5. The predicted molar refractivity (Wildman–Crippen MR) is 129 cm³/mol. The molecule has 1 aliphatic rings. The minimum Gasteiger partial charge on any atom is -0.406 e. The summed E-state index contributed by atoms with van der Waals surface area (Å²) in [5.41, 5.74) is 7.74. The highest BCUT2D eigenvalue weighted by Gasteiger charge is 2.31. The molecule has 1 atom stereocenters. The molecular weight excluding hydrogens is 531 g/mol. The number of benzene rings is 2. The van der Waals surface area contributed by atoms with Crippen molar-refractivity contribution < 1.29 is 22.6 Å². The average Bonchev–Trinajstić information content (AvgIpc) is 2.83. The summed E-state index contributed by atoms with van der Waals surface area (Å²) in [6.45, 7) is 4.33. The van der Waals surface area contributed by atoms with Crippen LogP contribution in [0, 0.1) is 0 Å². The van der Waals surface area contributed by atoms with E-state index in [9.17, 15) is 13.2 Å². The zero-order valence-electron chi connectivity index (χ0n) is 18.6. The maximum atomic E-state index is 12.4. The number of hydrazine groups is 1. The van der Waals surface area contributed by atoms with Gasteiger partial charge >= 0.3 is 6.36 Å². The first-order valence-electron chi connectivity index (χ1n) is 10.7. The van der Waals surface area contributed by atoms with Crippen molar-refractivity contribution in [1.29, 1.82) is 0 Å². The number of nitrogens with zero attached hydrogens (tertiary/aromatic N) is 4. The number of hydrogen-bond acceptors (Lipinski definition) is 9. The predicted octanol–water partition coefficient (Wildman–Crippen LogP) is 4.79. The number of nitrogens with one attached hydrogen (secondary N) is 3. The highest BCUT2D eigenvalue weighted by Crippen LogP contribution is 2.25. The standard InChI is InChI=1S/C22H23BrF3N7O2/c1-14(15-3-2-4-16(23)13-15)31-32-20-28-19(29-21(30-20)33-9-11-34-12-10-33)27-17-5-7-18(8-6-17)35-22(24,25)26/h2-8,13-14,31H,9-12H2,1H3,(H2,27,28,29,30,32). The van der Waals surface area contributed by atoms with Gasteiger partial charge in [0.25, 0.3) is 0 Å². The number of ether oxygens (including phenoxy) is 2. The van der Waals surface area contributed by atoms with Gasteiger partial charge in [0.15, 0.2) is 0 Å². The lowest BCUT2D eigenvalue weighted by Gasteiger charge is -2.27. The van der Waals surface area contributed by atoms with Gasteiger partial charge < -0.3 is 19.7 Å². The Bertz CT molecular complexity index is 1130. The second-order valence-corrected chi connectivity index (χ2v) is 8.54. The minimum absolute atomic E-state index is 0.0614. The molecule has 1 aliphatic heterocycles. The molecule has 1 saturated heterocycles. The SMILES string of the molecule is CC(NNc1nc(Nc2ccc(OC(F)(F)F)cc2)nc(N2CCOCC2)n1)c1cccc(Br)c1. The number of hydrogen-bond donors (Lipinski definition) is 3. The van der Waals surface area contributed by atoms with E-state index in [0.717, 1.165) is 10.0 Å². The molecule has 3 N–H and O–H groups in total. The summed E-state index contributed by atoms with van der Waals surface area (Å²) < 4.78 is 47.5. The summed E-state index contributed by atoms with van der Waals surface area (Å²) in [4.78, 5) is 15.4. The van der Waals surface area contributed by atoms with E-state index in [1.165, 1.54) is 24.3 Å². The highest BCUT2D eigenvalue weighted by atomic mass is 79.9. The van der Waals surface area contributed by atoms with Crippen LogP contribution in [0.25, 0.3) is 0 Å². The van der Waals surface area contributed by atoms with Crippen LogP contribution in [0.1, 0.15) is 18.5 Å². The van der Waals surface area contributed by atoms with Crippen LogP contribution in [0.3, 0.4) is 0 Å². The number of aromatic nitrogens is 3. The molecule has 1 fully saturated rings. The van der Waals surface area contributed by atoms with Gasteiger partial charge in [-0.1, -0.05) is 28.1 Å². The third kappa shape index (κ3) is 7.41. The van der Waals surface area contributed by atoms with Crippen molar-refractivity contribution in [2.24, 2.45) is 0 Å². The fraction of sp³-hybridized carbons (Fsp3) is 0.318. The number of rotatable bonds is 8. The summed E-state index contributed by atoms with van der Waals surface area (Å²) in [5.74, 6) is 0.635. The van der Waals surface area contributed by atoms with Gasteiger partial charge in [-0.15, -0.1) is 13.2 Å². The Labute approximate surface area is 208 Å². The molecule has 0 amide bonds. The molecule has 2 aromatic carbocycles. The van der Waals surface area contributed by atoms with Gasteiger partial charge in [0.1, 0.15) is 5.75 Å². The Balaban J connectivity index is 1.51. The van der Waals surface area contributed by atoms with E-state index in [2.05, 4.69) is 51.8 Å². The van der Waals surface area contributed by atoms with Gasteiger partial charge in [-0.2, -0.15) is 15.0 Å². The van der Waals surface area contributed by atoms with Crippen molar-refractivity contribution in [3.8, 4) is 5.75 Å². The van der Waals surface area contributed by atoms with Crippen molar-refractivity contribution in [2.75, 3.05) is 41.9 Å². The smallest absolute Gasteiger partial charge is 0.406 e. The van der Waals surface area contributed by atoms with Crippen LogP contribution >= 0.6 is 15.9 Å². The van der Waals surface area contributed by atoms with Crippen LogP contribution < -0.4 is 25.8 Å². The molecule has 9 nitrogen and oxygen atoms in total. The van der Waals surface area contributed by atoms with Gasteiger partial charge in [-0.05, 0) is 48.9 Å². The summed E-state index contributed by atoms with van der Waals surface area (Å²) in [5, 5.41) is 3.01. The molecule has 186 valence electrons. The average molecular weight is 554 g/mol. The van der Waals surface area contributed by atoms with Crippen molar-refractivity contribution in [1.82, 2.24) is 20.4 Å². The van der Waals surface area contributed by atoms with E-state index in [0.29, 0.717) is 37.9 Å². The summed E-state index contributed by atoms with van der Waals surface area (Å²) >= 11 is 3.47. The summed E-state index contributed by atoms with van der Waals surface area (Å²) in [6, 6.07) is 13.1. The Morgan fingerprint density at radius 2 is 1.74 bits per heavy atom. The van der Waals surface area contributed by atoms with Gasteiger partial charge in [0, 0.05) is 29.3 Å². The van der Waals surface area contributed by atoms with Gasteiger partial charge in [0.2, 0.25) is 17.8 Å². The van der Waals surface area contributed by atoms with Crippen molar-refractivity contribution in [2.45, 2.75) is 19.3 Å². The summed E-state index contributed by atoms with van der Waals surface area (Å²) in [6.07, 6.45) is -4.75. The van der Waals surface area contributed by atoms with Crippen LogP contribution in [-0.4, -0.2) is 47.6 Å². The lowest BCUT2D eigenvalue weighted by molar-refractivity contribution is -0.274. The van der Waals surface area contributed by atoms with Crippen LogP contribution in [0.4, 0.5) is 36.7 Å². The van der Waals surface area contributed by atoms with Crippen molar-refractivity contribution in [3.63, 3.8) is 0 Å². The maximum absolute atomic E-state index is 12.4. The zero-order valence-corrected chi connectivity index (χ0v) is 20.2. The first-order chi connectivity index (χ1) is 16.7. The molecule has 2 heterocycles. The molecule has 1 unspecified atom stereocenters. The van der Waals surface area contributed by atoms with E-state index < -0.39 is 6.36 Å². The molecule has 0 spiro atoms. The quantitative estimate of drug-likeness (QED) is 0.340. The molecule has 0 saturated carbocycles. The lowest BCUT2D eigenvalue weighted by atomic mass is 10.1. The fourth-order valence-electron chi connectivity index (χ4n) is 3.28. The Morgan fingerprint density at radius 1 is 1.03 bits per heavy atom. The van der Waals surface area contributed by atoms with Crippen molar-refractivity contribution >= 4 is 39.5 Å². The lowest BCUT2D eigenvalue weighted by Crippen LogP contribution is -2.38. The van der Waals surface area contributed by atoms with E-state index >= 15 is 0 Å². The van der Waals surface area contributed by atoms with Crippen LogP contribution in [0.5, 0.6) is 5.75 Å². The minimum atomic E-state index is -4.75. The van der Waals surface area contributed by atoms with Crippen LogP contribution in [0.2, 0.25) is 0 Å². The van der Waals surface area contributed by atoms with Crippen LogP contribution in [0.15, 0.2) is 53.0 Å². The van der Waals surface area contributed by atoms with E-state index in [4.69, 9.17) is 4.74 Å². The molecular formula is C22H23BrF3N7O2. The van der Waals surface area contributed by atoms with Gasteiger partial charge in [0.05, 0.1) is 13.2 Å². The molecule has 35 heavy (non-hydrogen) atoms. The molecule has 0 bridgehead atoms. The monoisotopic (exact) mass is 553 g/mol. The van der Waals surface area contributed by atoms with Crippen molar-refractivity contribution in [3.05, 3.63) is 58.6 Å². The molecule has 1 aromatic heterocycles. The number of halogens is 4. The molecule has 0 aliphatic carbocycles. The molecule has 4 rings (SSSR count). The summed E-state index contributed by atoms with van der Waals surface area (Å²) in [7, 11) is 0. The van der Waals surface area contributed by atoms with E-state index in [1.54, 1.807) is 0 Å². The zero-order chi connectivity index (χ0) is 24.8. The fourth-order valence-corrected chi connectivity index (χ4v) is 3.70. The van der Waals surface area contributed by atoms with Gasteiger partial charge in [-0.25, -0.2) is 5.43 Å². The number of morpholine rings is 1. The maximum Gasteiger partial charge on any atom is 0.573 e. The number of alkyl halides is 3. The Kier molecular flexibility index (Phi) is 7.88.